The van der Waals surface area contributed by atoms with Crippen molar-refractivity contribution >= 4 is 17.8 Å². The second-order valence-electron chi connectivity index (χ2n) is 5.84. The van der Waals surface area contributed by atoms with E-state index >= 15 is 0 Å². The predicted octanol–water partition coefficient (Wildman–Crippen LogP) is 4.14. The fourth-order valence-electron chi connectivity index (χ4n) is 2.45. The van der Waals surface area contributed by atoms with E-state index in [1.54, 1.807) is 26.2 Å². The van der Waals surface area contributed by atoms with Gasteiger partial charge in [-0.15, -0.1) is 0 Å². The minimum Gasteiger partial charge on any atom is -0.496 e. The molecule has 0 fully saturated rings. The Bertz CT molecular complexity index is 805. The first-order chi connectivity index (χ1) is 11.9. The molecule has 0 saturated carbocycles. The highest BCUT2D eigenvalue weighted by molar-refractivity contribution is 6.02. The largest absolute Gasteiger partial charge is 0.496 e. The molecule has 2 rings (SSSR count). The Morgan fingerprint density at radius 1 is 1.08 bits per heavy atom. The lowest BCUT2D eigenvalue weighted by atomic mass is 9.99. The molecule has 0 bridgehead atoms. The Kier molecular flexibility index (Phi) is 6.12. The molecule has 1 atom stereocenters. The Hall–Kier alpha value is -2.88. The molecule has 0 heterocycles. The number of hydrogen-bond donors (Lipinski definition) is 0. The van der Waals surface area contributed by atoms with Crippen LogP contribution < -0.4 is 4.74 Å². The van der Waals surface area contributed by atoms with Gasteiger partial charge in [0.2, 0.25) is 5.78 Å². The predicted molar refractivity (Wildman–Crippen MR) is 97.8 cm³/mol. The molecule has 0 aliphatic heterocycles. The Balaban J connectivity index is 2.05. The summed E-state index contributed by atoms with van der Waals surface area (Å²) < 4.78 is 10.5. The van der Waals surface area contributed by atoms with Crippen molar-refractivity contribution in [3.63, 3.8) is 0 Å². The maximum atomic E-state index is 12.5. The molecule has 0 amide bonds. The molecule has 0 spiro atoms. The third-order valence-corrected chi connectivity index (χ3v) is 3.86. The summed E-state index contributed by atoms with van der Waals surface area (Å²) in [6.07, 6.45) is 2.05. The lowest BCUT2D eigenvalue weighted by molar-refractivity contribution is -0.140. The molecule has 25 heavy (non-hydrogen) atoms. The van der Waals surface area contributed by atoms with Gasteiger partial charge >= 0.3 is 5.97 Å². The van der Waals surface area contributed by atoms with E-state index in [0.717, 1.165) is 16.7 Å². The number of esters is 1. The summed E-state index contributed by atoms with van der Waals surface area (Å²) >= 11 is 0. The number of methoxy groups -OCH3 is 1. The van der Waals surface area contributed by atoms with Crippen molar-refractivity contribution in [2.75, 3.05) is 7.11 Å². The Labute approximate surface area is 148 Å². The summed E-state index contributed by atoms with van der Waals surface area (Å²) in [5, 5.41) is 0. The van der Waals surface area contributed by atoms with E-state index in [4.69, 9.17) is 9.47 Å². The van der Waals surface area contributed by atoms with Crippen LogP contribution >= 0.6 is 0 Å². The van der Waals surface area contributed by atoms with Gasteiger partial charge in [-0.05, 0) is 44.5 Å². The summed E-state index contributed by atoms with van der Waals surface area (Å²) in [4.78, 5) is 24.5. The maximum absolute atomic E-state index is 12.5. The standard InChI is InChI=1S/C21H22O4/c1-14-9-10-15(2)18(13-14)21(23)16(3)25-20(22)12-11-17-7-5-6-8-19(17)24-4/h5-13,16H,1-4H3/b12-11+/t16-/m1/s1. The van der Waals surface area contributed by atoms with Crippen LogP contribution in [0.3, 0.4) is 0 Å². The van der Waals surface area contributed by atoms with Crippen LogP contribution in [0.4, 0.5) is 0 Å². The molecule has 2 aromatic carbocycles. The number of Topliss-reactive ketones (excluding diaryl/α,β-unsaturated/α-hetero) is 1. The zero-order valence-corrected chi connectivity index (χ0v) is 14.9. The van der Waals surface area contributed by atoms with E-state index in [0.29, 0.717) is 11.3 Å². The van der Waals surface area contributed by atoms with Crippen molar-refractivity contribution < 1.29 is 19.1 Å². The summed E-state index contributed by atoms with van der Waals surface area (Å²) in [6.45, 7) is 5.37. The van der Waals surface area contributed by atoms with Gasteiger partial charge in [-0.1, -0.05) is 35.9 Å². The van der Waals surface area contributed by atoms with Crippen LogP contribution in [0.5, 0.6) is 5.75 Å². The van der Waals surface area contributed by atoms with Crippen molar-refractivity contribution in [1.82, 2.24) is 0 Å². The zero-order chi connectivity index (χ0) is 18.4. The third-order valence-electron chi connectivity index (χ3n) is 3.86. The fourth-order valence-corrected chi connectivity index (χ4v) is 2.45. The van der Waals surface area contributed by atoms with E-state index in [2.05, 4.69) is 0 Å². The minimum absolute atomic E-state index is 0.208. The van der Waals surface area contributed by atoms with Crippen LogP contribution in [0, 0.1) is 13.8 Å². The highest BCUT2D eigenvalue weighted by atomic mass is 16.5. The molecular formula is C21H22O4. The molecule has 130 valence electrons. The average molecular weight is 338 g/mol. The SMILES string of the molecule is COc1ccccc1/C=C/C(=O)O[C@H](C)C(=O)c1cc(C)ccc1C. The highest BCUT2D eigenvalue weighted by Gasteiger charge is 2.20. The van der Waals surface area contributed by atoms with Crippen molar-refractivity contribution in [1.29, 1.82) is 0 Å². The first-order valence-corrected chi connectivity index (χ1v) is 8.05. The third kappa shape index (κ3) is 4.80. The van der Waals surface area contributed by atoms with Crippen molar-refractivity contribution in [3.8, 4) is 5.75 Å². The lowest BCUT2D eigenvalue weighted by Gasteiger charge is -2.13. The molecule has 0 aliphatic rings. The molecule has 0 aromatic heterocycles. The second-order valence-corrected chi connectivity index (χ2v) is 5.84. The van der Waals surface area contributed by atoms with Crippen LogP contribution in [-0.2, 0) is 9.53 Å². The van der Waals surface area contributed by atoms with E-state index < -0.39 is 12.1 Å². The van der Waals surface area contributed by atoms with E-state index in [-0.39, 0.29) is 5.78 Å². The summed E-state index contributed by atoms with van der Waals surface area (Å²) in [5.41, 5.74) is 3.19. The summed E-state index contributed by atoms with van der Waals surface area (Å²) in [7, 11) is 1.57. The number of para-hydroxylation sites is 1. The first kappa shape index (κ1) is 18.5. The highest BCUT2D eigenvalue weighted by Crippen LogP contribution is 2.19. The molecule has 4 heteroatoms. The zero-order valence-electron chi connectivity index (χ0n) is 14.9. The number of ether oxygens (including phenoxy) is 2. The van der Waals surface area contributed by atoms with Crippen LogP contribution in [0.25, 0.3) is 6.08 Å². The van der Waals surface area contributed by atoms with E-state index in [1.807, 2.05) is 50.2 Å². The molecule has 0 saturated heterocycles. The topological polar surface area (TPSA) is 52.6 Å². The first-order valence-electron chi connectivity index (χ1n) is 8.05. The van der Waals surface area contributed by atoms with E-state index in [9.17, 15) is 9.59 Å². The van der Waals surface area contributed by atoms with Gasteiger partial charge in [0.25, 0.3) is 0 Å². The van der Waals surface area contributed by atoms with Crippen LogP contribution in [0.15, 0.2) is 48.5 Å². The molecule has 0 unspecified atom stereocenters. The van der Waals surface area contributed by atoms with Crippen molar-refractivity contribution in [2.24, 2.45) is 0 Å². The van der Waals surface area contributed by atoms with Gasteiger partial charge in [0, 0.05) is 17.2 Å². The lowest BCUT2D eigenvalue weighted by Crippen LogP contribution is -2.24. The van der Waals surface area contributed by atoms with E-state index in [1.165, 1.54) is 6.08 Å². The average Bonchev–Trinajstić information content (AvgIpc) is 2.61. The van der Waals surface area contributed by atoms with Crippen LogP contribution in [0.1, 0.15) is 34.0 Å². The molecule has 2 aromatic rings. The normalized spacial score (nSPS) is 12.0. The molecule has 0 aliphatic carbocycles. The van der Waals surface area contributed by atoms with Crippen molar-refractivity contribution in [3.05, 3.63) is 70.8 Å². The van der Waals surface area contributed by atoms with Crippen molar-refractivity contribution in [2.45, 2.75) is 26.9 Å². The summed E-state index contributed by atoms with van der Waals surface area (Å²) in [5.74, 6) is -0.122. The smallest absolute Gasteiger partial charge is 0.331 e. The molecular weight excluding hydrogens is 316 g/mol. The van der Waals surface area contributed by atoms with Gasteiger partial charge in [0.15, 0.2) is 6.10 Å². The number of aryl methyl sites for hydroxylation is 2. The van der Waals surface area contributed by atoms with Gasteiger partial charge in [-0.2, -0.15) is 0 Å². The van der Waals surface area contributed by atoms with Gasteiger partial charge in [-0.25, -0.2) is 4.79 Å². The van der Waals surface area contributed by atoms with Gasteiger partial charge in [0.1, 0.15) is 5.75 Å². The fraction of sp³-hybridized carbons (Fsp3) is 0.238. The monoisotopic (exact) mass is 338 g/mol. The number of rotatable bonds is 6. The van der Waals surface area contributed by atoms with Gasteiger partial charge in [0.05, 0.1) is 7.11 Å². The van der Waals surface area contributed by atoms with Crippen LogP contribution in [0.2, 0.25) is 0 Å². The van der Waals surface area contributed by atoms with Crippen LogP contribution in [-0.4, -0.2) is 25.0 Å². The maximum Gasteiger partial charge on any atom is 0.331 e. The second kappa shape index (κ2) is 8.29. The van der Waals surface area contributed by atoms with Gasteiger partial charge in [-0.3, -0.25) is 4.79 Å². The number of ketones is 1. The Morgan fingerprint density at radius 2 is 1.80 bits per heavy atom. The number of carbonyl (C=O) groups is 2. The molecule has 4 nitrogen and oxygen atoms in total. The quantitative estimate of drug-likeness (QED) is 0.451. The van der Waals surface area contributed by atoms with Gasteiger partial charge < -0.3 is 9.47 Å². The Morgan fingerprint density at radius 3 is 2.52 bits per heavy atom. The minimum atomic E-state index is -0.852. The molecule has 0 radical (unpaired) electrons. The summed E-state index contributed by atoms with van der Waals surface area (Å²) in [6, 6.07) is 13.0. The number of carbonyl (C=O) groups excluding carboxylic acids is 2. The molecule has 0 N–H and O–H groups in total. The number of benzene rings is 2. The number of hydrogen-bond acceptors (Lipinski definition) is 4.